The summed E-state index contributed by atoms with van der Waals surface area (Å²) in [4.78, 5) is 32.3. The molecular formula is C18H14F3N3O3S. The summed E-state index contributed by atoms with van der Waals surface area (Å²) >= 11 is 1.30. The van der Waals surface area contributed by atoms with Gasteiger partial charge in [-0.3, -0.25) is 14.2 Å². The van der Waals surface area contributed by atoms with Gasteiger partial charge in [-0.1, -0.05) is 18.7 Å². The number of pyridine rings is 1. The fourth-order valence-electron chi connectivity index (χ4n) is 2.44. The molecule has 0 bridgehead atoms. The summed E-state index contributed by atoms with van der Waals surface area (Å²) in [5.41, 5.74) is 0.353. The Bertz CT molecular complexity index is 1070. The van der Waals surface area contributed by atoms with E-state index in [-0.39, 0.29) is 22.5 Å². The van der Waals surface area contributed by atoms with Crippen molar-refractivity contribution in [1.29, 1.82) is 0 Å². The monoisotopic (exact) mass is 409 g/mol. The van der Waals surface area contributed by atoms with Gasteiger partial charge in [0.05, 0.1) is 11.1 Å². The Balaban J connectivity index is 2.06. The van der Waals surface area contributed by atoms with Crippen LogP contribution in [0.5, 0.6) is 5.75 Å². The molecule has 2 aromatic heterocycles. The zero-order valence-electron chi connectivity index (χ0n) is 14.6. The standard InChI is InChI=1S/C18H14F3N3O3S/c1-2-28-17-23-15-14(8-3-11(9-25)22-15)16(26)24(17)12-4-6-13(7-5-12)27-10-18(19,20)21/h3-9H,2,10H2,1H3. The maximum Gasteiger partial charge on any atom is 0.422 e. The van der Waals surface area contributed by atoms with Gasteiger partial charge in [0, 0.05) is 0 Å². The number of ether oxygens (including phenoxy) is 1. The Kier molecular flexibility index (Phi) is 5.68. The largest absolute Gasteiger partial charge is 0.484 e. The van der Waals surface area contributed by atoms with Gasteiger partial charge in [0.25, 0.3) is 5.56 Å². The molecule has 0 aliphatic rings. The summed E-state index contributed by atoms with van der Waals surface area (Å²) in [6.07, 6.45) is -3.87. The van der Waals surface area contributed by atoms with Crippen molar-refractivity contribution < 1.29 is 22.7 Å². The van der Waals surface area contributed by atoms with E-state index in [1.165, 1.54) is 52.7 Å². The second kappa shape index (κ2) is 8.01. The lowest BCUT2D eigenvalue weighted by Crippen LogP contribution is -2.22. The molecule has 0 amide bonds. The maximum absolute atomic E-state index is 13.0. The smallest absolute Gasteiger partial charge is 0.422 e. The number of fused-ring (bicyclic) bond motifs is 1. The van der Waals surface area contributed by atoms with Gasteiger partial charge in [-0.15, -0.1) is 0 Å². The molecule has 0 saturated carbocycles. The van der Waals surface area contributed by atoms with Crippen molar-refractivity contribution in [2.24, 2.45) is 0 Å². The van der Waals surface area contributed by atoms with Crippen molar-refractivity contribution >= 4 is 29.1 Å². The highest BCUT2D eigenvalue weighted by atomic mass is 32.2. The zero-order valence-corrected chi connectivity index (χ0v) is 15.4. The summed E-state index contributed by atoms with van der Waals surface area (Å²) in [5, 5.41) is 0.586. The predicted octanol–water partition coefficient (Wildman–Crippen LogP) is 3.65. The second-order valence-corrected chi connectivity index (χ2v) is 6.82. The highest BCUT2D eigenvalue weighted by Crippen LogP contribution is 2.23. The van der Waals surface area contributed by atoms with E-state index < -0.39 is 18.3 Å². The van der Waals surface area contributed by atoms with Crippen molar-refractivity contribution in [2.75, 3.05) is 12.4 Å². The molecule has 28 heavy (non-hydrogen) atoms. The first-order valence-electron chi connectivity index (χ1n) is 8.14. The van der Waals surface area contributed by atoms with Crippen LogP contribution >= 0.6 is 11.8 Å². The van der Waals surface area contributed by atoms with E-state index in [9.17, 15) is 22.8 Å². The van der Waals surface area contributed by atoms with Crippen molar-refractivity contribution in [2.45, 2.75) is 18.3 Å². The Labute approximate surface area is 161 Å². The normalized spacial score (nSPS) is 11.6. The number of halogens is 3. The molecule has 0 atom stereocenters. The zero-order chi connectivity index (χ0) is 20.3. The molecule has 1 aromatic carbocycles. The van der Waals surface area contributed by atoms with Gasteiger partial charge in [-0.05, 0) is 42.2 Å². The summed E-state index contributed by atoms with van der Waals surface area (Å²) in [6, 6.07) is 8.56. The highest BCUT2D eigenvalue weighted by molar-refractivity contribution is 7.99. The van der Waals surface area contributed by atoms with Gasteiger partial charge in [0.1, 0.15) is 11.4 Å². The number of carbonyl (C=O) groups excluding carboxylic acids is 1. The van der Waals surface area contributed by atoms with Crippen LogP contribution in [0.1, 0.15) is 17.4 Å². The number of hydrogen-bond donors (Lipinski definition) is 0. The van der Waals surface area contributed by atoms with E-state index in [1.807, 2.05) is 6.92 Å². The summed E-state index contributed by atoms with van der Waals surface area (Å²) in [6.45, 7) is 0.486. The molecule has 0 aliphatic heterocycles. The number of aromatic nitrogens is 3. The SMILES string of the molecule is CCSc1nc2nc(C=O)ccc2c(=O)n1-c1ccc(OCC(F)(F)F)cc1. The van der Waals surface area contributed by atoms with Crippen molar-refractivity contribution in [1.82, 2.24) is 14.5 Å². The molecule has 2 heterocycles. The molecule has 0 radical (unpaired) electrons. The number of aldehydes is 1. The molecule has 0 unspecified atom stereocenters. The molecule has 10 heteroatoms. The van der Waals surface area contributed by atoms with Crippen molar-refractivity contribution in [3.63, 3.8) is 0 Å². The fourth-order valence-corrected chi connectivity index (χ4v) is 3.17. The van der Waals surface area contributed by atoms with E-state index in [0.29, 0.717) is 22.9 Å². The van der Waals surface area contributed by atoms with Crippen LogP contribution in [0, 0.1) is 0 Å². The van der Waals surface area contributed by atoms with Gasteiger partial charge < -0.3 is 4.74 Å². The number of carbonyl (C=O) groups is 1. The first-order chi connectivity index (χ1) is 13.3. The first kappa shape index (κ1) is 19.9. The number of hydrogen-bond acceptors (Lipinski definition) is 6. The van der Waals surface area contributed by atoms with Gasteiger partial charge in [-0.2, -0.15) is 13.2 Å². The quantitative estimate of drug-likeness (QED) is 0.352. The molecule has 3 rings (SSSR count). The average Bonchev–Trinajstić information content (AvgIpc) is 2.66. The number of alkyl halides is 3. The minimum atomic E-state index is -4.43. The van der Waals surface area contributed by atoms with Gasteiger partial charge in [-0.25, -0.2) is 9.97 Å². The van der Waals surface area contributed by atoms with Crippen LogP contribution in [0.25, 0.3) is 16.7 Å². The third kappa shape index (κ3) is 4.33. The molecule has 0 spiro atoms. The van der Waals surface area contributed by atoms with Crippen molar-refractivity contribution in [3.05, 3.63) is 52.4 Å². The fraction of sp³-hybridized carbons (Fsp3) is 0.222. The molecule has 3 aromatic rings. The predicted molar refractivity (Wildman–Crippen MR) is 98.5 cm³/mol. The molecular weight excluding hydrogens is 395 g/mol. The number of benzene rings is 1. The molecule has 0 fully saturated rings. The molecule has 0 N–H and O–H groups in total. The minimum absolute atomic E-state index is 0.0323. The van der Waals surface area contributed by atoms with Crippen LogP contribution in [-0.4, -0.2) is 39.4 Å². The van der Waals surface area contributed by atoms with Crippen LogP contribution in [0.15, 0.2) is 46.3 Å². The van der Waals surface area contributed by atoms with Crippen LogP contribution in [0.4, 0.5) is 13.2 Å². The van der Waals surface area contributed by atoms with E-state index in [2.05, 4.69) is 14.7 Å². The van der Waals surface area contributed by atoms with Crippen LogP contribution in [0.2, 0.25) is 0 Å². The average molecular weight is 409 g/mol. The number of rotatable bonds is 6. The Morgan fingerprint density at radius 1 is 1.14 bits per heavy atom. The Morgan fingerprint density at radius 3 is 2.46 bits per heavy atom. The van der Waals surface area contributed by atoms with E-state index in [1.54, 1.807) is 0 Å². The topological polar surface area (TPSA) is 74.1 Å². The maximum atomic E-state index is 13.0. The Morgan fingerprint density at radius 2 is 1.86 bits per heavy atom. The minimum Gasteiger partial charge on any atom is -0.484 e. The third-order valence-corrected chi connectivity index (χ3v) is 4.44. The summed E-state index contributed by atoms with van der Waals surface area (Å²) < 4.78 is 42.9. The van der Waals surface area contributed by atoms with Gasteiger partial charge in [0.15, 0.2) is 23.7 Å². The lowest BCUT2D eigenvalue weighted by Gasteiger charge is -2.13. The van der Waals surface area contributed by atoms with E-state index in [0.717, 1.165) is 0 Å². The third-order valence-electron chi connectivity index (χ3n) is 3.61. The van der Waals surface area contributed by atoms with Crippen LogP contribution in [0.3, 0.4) is 0 Å². The lowest BCUT2D eigenvalue weighted by atomic mass is 10.2. The molecule has 6 nitrogen and oxygen atoms in total. The summed E-state index contributed by atoms with van der Waals surface area (Å²) in [7, 11) is 0. The first-order valence-corrected chi connectivity index (χ1v) is 9.12. The van der Waals surface area contributed by atoms with Gasteiger partial charge in [0.2, 0.25) is 0 Å². The van der Waals surface area contributed by atoms with E-state index in [4.69, 9.17) is 0 Å². The molecule has 0 saturated heterocycles. The lowest BCUT2D eigenvalue weighted by molar-refractivity contribution is -0.153. The molecule has 146 valence electrons. The van der Waals surface area contributed by atoms with Crippen LogP contribution in [-0.2, 0) is 0 Å². The van der Waals surface area contributed by atoms with Crippen molar-refractivity contribution in [3.8, 4) is 11.4 Å². The molecule has 0 aliphatic carbocycles. The number of thioether (sulfide) groups is 1. The number of nitrogens with zero attached hydrogens (tertiary/aromatic N) is 3. The van der Waals surface area contributed by atoms with E-state index >= 15 is 0 Å². The second-order valence-electron chi connectivity index (χ2n) is 5.59. The highest BCUT2D eigenvalue weighted by Gasteiger charge is 2.28. The van der Waals surface area contributed by atoms with Crippen LogP contribution < -0.4 is 10.3 Å². The van der Waals surface area contributed by atoms with Gasteiger partial charge >= 0.3 is 6.18 Å². The Hall–Kier alpha value is -2.88. The summed E-state index contributed by atoms with van der Waals surface area (Å²) in [5.74, 6) is 0.655.